The normalized spacial score (nSPS) is 14.0. The van der Waals surface area contributed by atoms with Gasteiger partial charge in [0.2, 0.25) is 0 Å². The molecule has 4 aliphatic heterocycles. The van der Waals surface area contributed by atoms with Crippen LogP contribution in [0.4, 0.5) is 16.2 Å². The summed E-state index contributed by atoms with van der Waals surface area (Å²) in [6.07, 6.45) is 8.51. The summed E-state index contributed by atoms with van der Waals surface area (Å²) in [6.45, 7) is 36.4. The second kappa shape index (κ2) is 31.4. The summed E-state index contributed by atoms with van der Waals surface area (Å²) in [6, 6.07) is 51.8. The van der Waals surface area contributed by atoms with Crippen LogP contribution in [0.1, 0.15) is 209 Å². The largest absolute Gasteiger partial charge is 0.493 e. The van der Waals surface area contributed by atoms with E-state index in [1.54, 1.807) is 4.90 Å². The van der Waals surface area contributed by atoms with Crippen molar-refractivity contribution in [1.82, 2.24) is 4.98 Å². The molecule has 1 aromatic heterocycles. The average Bonchev–Trinajstić information content (AvgIpc) is 3.62. The van der Waals surface area contributed by atoms with Crippen LogP contribution >= 0.6 is 0 Å². The van der Waals surface area contributed by atoms with Gasteiger partial charge in [-0.15, -0.1) is 0 Å². The first kappa shape index (κ1) is 66.2. The van der Waals surface area contributed by atoms with Gasteiger partial charge < -0.3 is 23.8 Å². The number of hydrogen-bond donors (Lipinski definition) is 0. The minimum atomic E-state index is -0.452. The minimum Gasteiger partial charge on any atom is -0.493 e. The lowest BCUT2D eigenvalue weighted by Gasteiger charge is -2.32. The van der Waals surface area contributed by atoms with Gasteiger partial charge in [-0.05, 0) is 204 Å². The van der Waals surface area contributed by atoms with Crippen molar-refractivity contribution >= 4 is 39.1 Å². The van der Waals surface area contributed by atoms with Gasteiger partial charge in [0.1, 0.15) is 24.6 Å². The molecule has 86 heavy (non-hydrogen) atoms. The maximum Gasteiger partial charge on any atom is 0.414 e. The number of carbonyl (C=O) groups is 1. The Morgan fingerprint density at radius 1 is 0.442 bits per heavy atom. The van der Waals surface area contributed by atoms with Crippen LogP contribution in [-0.2, 0) is 24.0 Å². The summed E-state index contributed by atoms with van der Waals surface area (Å²) in [7, 11) is 2.19. The number of fused-ring (bicyclic) bond motifs is 6. The van der Waals surface area contributed by atoms with E-state index in [1.165, 1.54) is 97.7 Å². The molecule has 4 aliphatic rings. The van der Waals surface area contributed by atoms with Crippen molar-refractivity contribution in [2.45, 2.75) is 183 Å². The zero-order valence-electron chi connectivity index (χ0n) is 55.1. The number of aryl methyl sites for hydroxylation is 3. The molecule has 0 atom stereocenters. The molecule has 0 unspecified atom stereocenters. The highest BCUT2D eigenvalue weighted by molar-refractivity contribution is 5.89. The minimum absolute atomic E-state index is 0.240. The summed E-state index contributed by atoms with van der Waals surface area (Å²) in [5, 5.41) is 3.90. The molecule has 458 valence electrons. The number of amides is 1. The zero-order valence-corrected chi connectivity index (χ0v) is 55.1. The molecular weight excluding hydrogens is 1060 g/mol. The first-order valence-corrected chi connectivity index (χ1v) is 32.0. The maximum absolute atomic E-state index is 12.3. The average molecular weight is 1160 g/mol. The van der Waals surface area contributed by atoms with E-state index in [1.807, 2.05) is 39.1 Å². The fourth-order valence-electron chi connectivity index (χ4n) is 10.8. The fourth-order valence-corrected chi connectivity index (χ4v) is 10.8. The lowest BCUT2D eigenvalue weighted by atomic mass is 9.95. The van der Waals surface area contributed by atoms with Gasteiger partial charge in [-0.2, -0.15) is 0 Å². The van der Waals surface area contributed by atoms with E-state index < -0.39 is 5.60 Å². The van der Waals surface area contributed by atoms with E-state index >= 15 is 0 Å². The molecule has 0 fully saturated rings. The molecule has 5 heterocycles. The van der Waals surface area contributed by atoms with Gasteiger partial charge in [0.05, 0.1) is 17.8 Å². The van der Waals surface area contributed by atoms with E-state index in [-0.39, 0.29) is 6.09 Å². The molecule has 1 amide bonds. The molecule has 7 aromatic carbocycles. The Balaban J connectivity index is 0.000000149. The van der Waals surface area contributed by atoms with Crippen molar-refractivity contribution in [1.29, 1.82) is 0 Å². The van der Waals surface area contributed by atoms with Gasteiger partial charge in [-0.25, -0.2) is 4.79 Å². The molecule has 8 nitrogen and oxygen atoms in total. The van der Waals surface area contributed by atoms with Crippen LogP contribution in [0.25, 0.3) is 21.7 Å². The first-order chi connectivity index (χ1) is 41.0. The molecule has 0 aliphatic carbocycles. The van der Waals surface area contributed by atoms with E-state index in [4.69, 9.17) is 18.9 Å². The number of pyridine rings is 1. The SMILES string of the molecule is CC(C)c1ccc2c(c1)CCCN2C.CC(C)c1ccc2c(c1)CCCN2C(=O)OC(C)(C)C.CC(C)c1ccc2c(c1)CCCO2.CC(C)c1ccc2c(c1)OCCO2.CC(C)c1ccc2ccccc2c1.CC(C)c1ccc2ncccc2c1. The number of ether oxygens (including phenoxy) is 4. The van der Waals surface area contributed by atoms with E-state index in [0.717, 1.165) is 60.9 Å². The second-order valence-corrected chi connectivity index (χ2v) is 26.2. The van der Waals surface area contributed by atoms with Crippen molar-refractivity contribution in [2.75, 3.05) is 49.8 Å². The van der Waals surface area contributed by atoms with Crippen LogP contribution in [0.15, 0.2) is 152 Å². The number of rotatable bonds is 6. The number of hydrogen-bond acceptors (Lipinski definition) is 7. The van der Waals surface area contributed by atoms with Crippen molar-refractivity contribution in [3.8, 4) is 17.2 Å². The monoisotopic (exact) mass is 1160 g/mol. The van der Waals surface area contributed by atoms with Crippen molar-refractivity contribution in [3.05, 3.63) is 202 Å². The molecule has 0 bridgehead atoms. The summed E-state index contributed by atoms with van der Waals surface area (Å²) < 4.78 is 22.0. The van der Waals surface area contributed by atoms with Crippen LogP contribution in [0.2, 0.25) is 0 Å². The lowest BCUT2D eigenvalue weighted by Crippen LogP contribution is -2.39. The van der Waals surface area contributed by atoms with Gasteiger partial charge in [0.25, 0.3) is 0 Å². The predicted octanol–water partition coefficient (Wildman–Crippen LogP) is 20.7. The molecule has 0 radical (unpaired) electrons. The third-order valence-corrected chi connectivity index (χ3v) is 16.2. The van der Waals surface area contributed by atoms with Crippen molar-refractivity contribution in [3.63, 3.8) is 0 Å². The Morgan fingerprint density at radius 3 is 1.51 bits per heavy atom. The Labute approximate surface area is 517 Å². The van der Waals surface area contributed by atoms with Gasteiger partial charge in [-0.1, -0.05) is 180 Å². The van der Waals surface area contributed by atoms with E-state index in [2.05, 4.69) is 233 Å². The lowest BCUT2D eigenvalue weighted by molar-refractivity contribution is 0.0577. The highest BCUT2D eigenvalue weighted by Crippen LogP contribution is 2.35. The molecule has 0 spiro atoms. The Kier molecular flexibility index (Phi) is 24.1. The van der Waals surface area contributed by atoms with E-state index in [9.17, 15) is 4.79 Å². The predicted molar refractivity (Wildman–Crippen MR) is 364 cm³/mol. The van der Waals surface area contributed by atoms with E-state index in [0.29, 0.717) is 48.7 Å². The topological polar surface area (TPSA) is 73.4 Å². The molecule has 0 N–H and O–H groups in total. The number of benzene rings is 7. The summed E-state index contributed by atoms with van der Waals surface area (Å²) in [5.41, 5.74) is 15.5. The van der Waals surface area contributed by atoms with Crippen LogP contribution in [-0.4, -0.2) is 56.6 Å². The first-order valence-electron chi connectivity index (χ1n) is 32.0. The highest BCUT2D eigenvalue weighted by Gasteiger charge is 2.28. The molecule has 0 saturated carbocycles. The summed E-state index contributed by atoms with van der Waals surface area (Å²) in [5.74, 6) is 6.37. The maximum atomic E-state index is 12.3. The third kappa shape index (κ3) is 19.1. The standard InChI is InChI=1S/C17H25NO2.C13H19N.C13H14.C12H13N.C12H16O.C11H14O2/c1-12(2)13-8-9-15-14(11-13)7-6-10-18(15)16(19)20-17(3,4)5;1-10(2)11-6-7-13-12(9-11)5-4-8-14(13)3;1-10(2)12-8-7-11-5-3-4-6-13(11)9-12;2*1-9(2)10-5-6-12-11(8-10)4-3-7-13-12;1-8(2)9-3-4-10-11(7-9)13-6-5-12-10/h8-9,11-12H,6-7,10H2,1-5H3;6-7,9-10H,4-5,8H2,1-3H3;3-10H,1-2H3;3-9H,1-2H3;5-6,8-9H,3-4,7H2,1-2H3;3-4,7-8H,5-6H2,1-2H3. The highest BCUT2D eigenvalue weighted by atomic mass is 16.6. The Hall–Kier alpha value is -7.32. The van der Waals surface area contributed by atoms with Crippen LogP contribution in [0.3, 0.4) is 0 Å². The quantitative estimate of drug-likeness (QED) is 0.164. The van der Waals surface area contributed by atoms with Gasteiger partial charge in [-0.3, -0.25) is 9.88 Å². The Bertz CT molecular complexity index is 3290. The van der Waals surface area contributed by atoms with Gasteiger partial charge >= 0.3 is 6.09 Å². The molecule has 0 saturated heterocycles. The molecule has 8 heteroatoms. The van der Waals surface area contributed by atoms with Crippen LogP contribution < -0.4 is 24.0 Å². The van der Waals surface area contributed by atoms with Crippen molar-refractivity contribution in [2.24, 2.45) is 0 Å². The van der Waals surface area contributed by atoms with Crippen LogP contribution in [0.5, 0.6) is 17.2 Å². The summed E-state index contributed by atoms with van der Waals surface area (Å²) in [4.78, 5) is 20.7. The van der Waals surface area contributed by atoms with Gasteiger partial charge in [0, 0.05) is 37.4 Å². The molecule has 8 aromatic rings. The van der Waals surface area contributed by atoms with Crippen molar-refractivity contribution < 1.29 is 23.7 Å². The molecule has 12 rings (SSSR count). The number of aromatic nitrogens is 1. The Morgan fingerprint density at radius 2 is 0.895 bits per heavy atom. The van der Waals surface area contributed by atoms with Gasteiger partial charge in [0.15, 0.2) is 11.5 Å². The second-order valence-electron chi connectivity index (χ2n) is 26.2. The van der Waals surface area contributed by atoms with Crippen LogP contribution in [0, 0.1) is 0 Å². The fraction of sp³-hybridized carbons (Fsp3) is 0.436. The number of carbonyl (C=O) groups excluding carboxylic acids is 1. The third-order valence-electron chi connectivity index (χ3n) is 16.2. The molecular formula is C78H101N3O5. The number of nitrogens with zero attached hydrogens (tertiary/aromatic N) is 3. The number of anilines is 2. The zero-order chi connectivity index (χ0) is 62.1. The summed E-state index contributed by atoms with van der Waals surface area (Å²) >= 11 is 0. The smallest absolute Gasteiger partial charge is 0.414 e.